The second-order valence-corrected chi connectivity index (χ2v) is 5.44. The van der Waals surface area contributed by atoms with Crippen LogP contribution in [0.5, 0.6) is 0 Å². The zero-order chi connectivity index (χ0) is 10.2. The van der Waals surface area contributed by atoms with Gasteiger partial charge in [-0.25, -0.2) is 17.2 Å². The van der Waals surface area contributed by atoms with E-state index in [2.05, 4.69) is 15.9 Å². The highest BCUT2D eigenvalue weighted by atomic mass is 79.9. The molecule has 0 aliphatic rings. The first kappa shape index (κ1) is 10.9. The first-order valence-corrected chi connectivity index (χ1v) is 6.02. The van der Waals surface area contributed by atoms with Gasteiger partial charge < -0.3 is 0 Å². The maximum atomic E-state index is 12.8. The van der Waals surface area contributed by atoms with Gasteiger partial charge in [-0.1, -0.05) is 0 Å². The number of hydrogen-bond donors (Lipinski definition) is 0. The highest BCUT2D eigenvalue weighted by molar-refractivity contribution is 9.10. The molecule has 0 saturated heterocycles. The minimum Gasteiger partial charge on any atom is -0.207 e. The smallest absolute Gasteiger partial charge is 0.207 e. The number of rotatable bonds is 1. The molecule has 0 spiro atoms. The molecule has 1 rings (SSSR count). The second kappa shape index (κ2) is 3.51. The summed E-state index contributed by atoms with van der Waals surface area (Å²) in [6.45, 7) is 0. The molecule has 0 fully saturated rings. The summed E-state index contributed by atoms with van der Waals surface area (Å²) in [7, 11) is 0.887. The maximum Gasteiger partial charge on any atom is 0.262 e. The summed E-state index contributed by atoms with van der Waals surface area (Å²) in [4.78, 5) is -0.493. The summed E-state index contributed by atoms with van der Waals surface area (Å²) in [5.41, 5.74) is 0. The summed E-state index contributed by atoms with van der Waals surface area (Å²) in [5, 5.41) is 0. The van der Waals surface area contributed by atoms with Gasteiger partial charge in [0.2, 0.25) is 0 Å². The monoisotopic (exact) mass is 290 g/mol. The van der Waals surface area contributed by atoms with Crippen LogP contribution in [-0.2, 0) is 9.05 Å². The predicted octanol–water partition coefficient (Wildman–Crippen LogP) is 2.65. The van der Waals surface area contributed by atoms with Gasteiger partial charge in [-0.05, 0) is 28.1 Å². The van der Waals surface area contributed by atoms with Gasteiger partial charge in [-0.15, -0.1) is 0 Å². The molecule has 7 heteroatoms. The van der Waals surface area contributed by atoms with Gasteiger partial charge >= 0.3 is 0 Å². The molecule has 2 nitrogen and oxygen atoms in total. The number of hydrogen-bond acceptors (Lipinski definition) is 2. The molecule has 0 bridgehead atoms. The van der Waals surface area contributed by atoms with Crippen molar-refractivity contribution in [2.45, 2.75) is 4.90 Å². The van der Waals surface area contributed by atoms with E-state index < -0.39 is 30.1 Å². The topological polar surface area (TPSA) is 34.1 Å². The predicted molar refractivity (Wildman–Crippen MR) is 47.1 cm³/mol. The van der Waals surface area contributed by atoms with Crippen molar-refractivity contribution in [2.75, 3.05) is 0 Å². The van der Waals surface area contributed by atoms with Gasteiger partial charge in [0.25, 0.3) is 9.05 Å². The third kappa shape index (κ3) is 2.18. The van der Waals surface area contributed by atoms with Crippen molar-refractivity contribution in [1.82, 2.24) is 0 Å². The molecule has 0 aliphatic carbocycles. The van der Waals surface area contributed by atoms with Crippen LogP contribution in [0.15, 0.2) is 21.5 Å². The van der Waals surface area contributed by atoms with Crippen LogP contribution in [0.4, 0.5) is 8.78 Å². The van der Waals surface area contributed by atoms with Crippen LogP contribution in [0.25, 0.3) is 0 Å². The molecular formula is C6H2BrClF2O2S. The molecule has 0 saturated carbocycles. The highest BCUT2D eigenvalue weighted by Gasteiger charge is 2.19. The molecule has 0 aromatic heterocycles. The standard InChI is InChI=1S/C6H2BrClF2O2S/c7-5-4(13(8,11)12)2-1-3(9)6(5)10/h1-2H. The molecule has 0 N–H and O–H groups in total. The lowest BCUT2D eigenvalue weighted by Crippen LogP contribution is -1.96. The third-order valence-electron chi connectivity index (χ3n) is 1.26. The van der Waals surface area contributed by atoms with Crippen LogP contribution >= 0.6 is 26.6 Å². The minimum atomic E-state index is -4.05. The molecular weight excluding hydrogens is 289 g/mol. The van der Waals surface area contributed by atoms with Crippen LogP contribution < -0.4 is 0 Å². The average molecular weight is 292 g/mol. The molecule has 0 amide bonds. The van der Waals surface area contributed by atoms with Crippen molar-refractivity contribution in [3.63, 3.8) is 0 Å². The van der Waals surface area contributed by atoms with E-state index in [4.69, 9.17) is 10.7 Å². The van der Waals surface area contributed by atoms with E-state index in [1.807, 2.05) is 0 Å². The molecule has 0 heterocycles. The Morgan fingerprint density at radius 1 is 1.31 bits per heavy atom. The Bertz CT molecular complexity index is 446. The quantitative estimate of drug-likeness (QED) is 0.589. The van der Waals surface area contributed by atoms with E-state index in [0.29, 0.717) is 6.07 Å². The van der Waals surface area contributed by atoms with E-state index in [9.17, 15) is 17.2 Å². The summed E-state index contributed by atoms with van der Waals surface area (Å²) < 4.78 is 46.3. The second-order valence-electron chi connectivity index (χ2n) is 2.11. The van der Waals surface area contributed by atoms with Gasteiger partial charge in [0.1, 0.15) is 0 Å². The largest absolute Gasteiger partial charge is 0.262 e. The normalized spacial score (nSPS) is 11.7. The molecule has 0 atom stereocenters. The zero-order valence-corrected chi connectivity index (χ0v) is 9.05. The Labute approximate surface area is 86.1 Å². The van der Waals surface area contributed by atoms with Crippen molar-refractivity contribution in [3.05, 3.63) is 28.2 Å². The Morgan fingerprint density at radius 2 is 1.85 bits per heavy atom. The van der Waals surface area contributed by atoms with Crippen LogP contribution in [0.1, 0.15) is 0 Å². The molecule has 0 unspecified atom stereocenters. The molecule has 0 radical (unpaired) electrons. The van der Waals surface area contributed by atoms with Crippen molar-refractivity contribution in [1.29, 1.82) is 0 Å². The van der Waals surface area contributed by atoms with E-state index >= 15 is 0 Å². The van der Waals surface area contributed by atoms with Gasteiger partial charge in [-0.3, -0.25) is 0 Å². The lowest BCUT2D eigenvalue weighted by molar-refractivity contribution is 0.499. The number of benzene rings is 1. The number of halogens is 4. The molecule has 1 aromatic rings. The van der Waals surface area contributed by atoms with Crippen LogP contribution in [0, 0.1) is 11.6 Å². The summed E-state index contributed by atoms with van der Waals surface area (Å²) >= 11 is 2.59. The SMILES string of the molecule is O=S(=O)(Cl)c1ccc(F)c(F)c1Br. The van der Waals surface area contributed by atoms with E-state index in [1.54, 1.807) is 0 Å². The zero-order valence-electron chi connectivity index (χ0n) is 5.89. The summed E-state index contributed by atoms with van der Waals surface area (Å²) in [5.74, 6) is -2.42. The van der Waals surface area contributed by atoms with E-state index in [1.165, 1.54) is 0 Å². The van der Waals surface area contributed by atoms with E-state index in [0.717, 1.165) is 6.07 Å². The van der Waals surface area contributed by atoms with Crippen molar-refractivity contribution >= 4 is 35.7 Å². The van der Waals surface area contributed by atoms with Gasteiger partial charge in [-0.2, -0.15) is 0 Å². The summed E-state index contributed by atoms with van der Waals surface area (Å²) in [6.07, 6.45) is 0. The fourth-order valence-electron chi connectivity index (χ4n) is 0.696. The fourth-order valence-corrected chi connectivity index (χ4v) is 2.86. The fraction of sp³-hybridized carbons (Fsp3) is 0. The lowest BCUT2D eigenvalue weighted by Gasteiger charge is -2.01. The van der Waals surface area contributed by atoms with Gasteiger partial charge in [0.15, 0.2) is 11.6 Å². The summed E-state index contributed by atoms with van der Waals surface area (Å²) in [6, 6.07) is 1.57. The van der Waals surface area contributed by atoms with Gasteiger partial charge in [0, 0.05) is 10.7 Å². The molecule has 72 valence electrons. The average Bonchev–Trinajstić information content (AvgIpc) is 1.98. The maximum absolute atomic E-state index is 12.8. The van der Waals surface area contributed by atoms with Gasteiger partial charge in [0.05, 0.1) is 9.37 Å². The Hall–Kier alpha value is -0.200. The van der Waals surface area contributed by atoms with Crippen LogP contribution in [0.3, 0.4) is 0 Å². The van der Waals surface area contributed by atoms with E-state index in [-0.39, 0.29) is 0 Å². The first-order chi connectivity index (χ1) is 5.84. The Morgan fingerprint density at radius 3 is 2.31 bits per heavy atom. The molecule has 1 aromatic carbocycles. The molecule has 13 heavy (non-hydrogen) atoms. The first-order valence-electron chi connectivity index (χ1n) is 2.92. The Kier molecular flexibility index (Phi) is 2.94. The highest BCUT2D eigenvalue weighted by Crippen LogP contribution is 2.28. The van der Waals surface area contributed by atoms with Crippen LogP contribution in [-0.4, -0.2) is 8.42 Å². The molecule has 0 aliphatic heterocycles. The van der Waals surface area contributed by atoms with Crippen molar-refractivity contribution in [3.8, 4) is 0 Å². The lowest BCUT2D eigenvalue weighted by atomic mass is 10.3. The Balaban J connectivity index is 3.53. The van der Waals surface area contributed by atoms with Crippen molar-refractivity contribution < 1.29 is 17.2 Å². The van der Waals surface area contributed by atoms with Crippen molar-refractivity contribution in [2.24, 2.45) is 0 Å². The van der Waals surface area contributed by atoms with Crippen LogP contribution in [0.2, 0.25) is 0 Å². The third-order valence-corrected chi connectivity index (χ3v) is 3.66. The minimum absolute atomic E-state index is 0.493.